The number of hydrogen-bond donors (Lipinski definition) is 0. The highest BCUT2D eigenvalue weighted by atomic mass is 31.2. The van der Waals surface area contributed by atoms with Gasteiger partial charge in [0.05, 0.1) is 0 Å². The summed E-state index contributed by atoms with van der Waals surface area (Å²) in [5.41, 5.74) is 6.26. The van der Waals surface area contributed by atoms with Crippen molar-refractivity contribution in [1.82, 2.24) is 0 Å². The van der Waals surface area contributed by atoms with Gasteiger partial charge in [0.15, 0.2) is 0 Å². The van der Waals surface area contributed by atoms with E-state index in [4.69, 9.17) is 0 Å². The van der Waals surface area contributed by atoms with E-state index in [1.54, 1.807) is 22.3 Å². The lowest BCUT2D eigenvalue weighted by molar-refractivity contribution is 0.686. The first-order valence-corrected chi connectivity index (χ1v) is 22.1. The quantitative estimate of drug-likeness (QED) is 0.152. The molecule has 0 aromatic heterocycles. The Morgan fingerprint density at radius 3 is 0.922 bits per heavy atom. The summed E-state index contributed by atoms with van der Waals surface area (Å²) in [6.45, 7) is 0. The molecule has 0 nitrogen and oxygen atoms in total. The molecule has 2 aliphatic rings. The summed E-state index contributed by atoms with van der Waals surface area (Å²) in [5, 5.41) is 11.2. The van der Waals surface area contributed by atoms with E-state index < -0.39 is 15.8 Å². The molecule has 0 spiro atoms. The highest BCUT2D eigenvalue weighted by molar-refractivity contribution is 7.76. The second-order valence-electron chi connectivity index (χ2n) is 14.7. The van der Waals surface area contributed by atoms with E-state index in [9.17, 15) is 0 Å². The maximum Gasteiger partial charge on any atom is 0.0416 e. The SMILES string of the molecule is c1ccc2c(C3(c4cccc5ccccc45)CCCP3CP3CCCC3(c3cccc4ccccc34)c3cccc4ccccc34)cccc2c1. The van der Waals surface area contributed by atoms with Crippen molar-refractivity contribution in [3.63, 3.8) is 0 Å². The lowest BCUT2D eigenvalue weighted by Gasteiger charge is -2.44. The first-order chi connectivity index (χ1) is 25.3. The lowest BCUT2D eigenvalue weighted by atomic mass is 9.82. The fourth-order valence-electron chi connectivity index (χ4n) is 10.2. The molecule has 0 saturated carbocycles. The average molecular weight is 693 g/mol. The van der Waals surface area contributed by atoms with Crippen molar-refractivity contribution in [2.45, 2.75) is 36.0 Å². The summed E-state index contributed by atoms with van der Waals surface area (Å²) in [7, 11) is -0.799. The summed E-state index contributed by atoms with van der Waals surface area (Å²) in [6.07, 6.45) is 7.69. The molecule has 248 valence electrons. The van der Waals surface area contributed by atoms with Gasteiger partial charge in [-0.15, -0.1) is 0 Å². The first-order valence-electron chi connectivity index (χ1n) is 18.7. The van der Waals surface area contributed by atoms with Gasteiger partial charge in [0, 0.05) is 10.3 Å². The Balaban J connectivity index is 1.22. The van der Waals surface area contributed by atoms with Gasteiger partial charge in [-0.3, -0.25) is 0 Å². The molecule has 0 radical (unpaired) electrons. The van der Waals surface area contributed by atoms with Crippen LogP contribution in [-0.2, 0) is 10.3 Å². The van der Waals surface area contributed by atoms with E-state index in [0.29, 0.717) is 0 Å². The largest absolute Gasteiger partial charge is 0.0866 e. The molecular weight excluding hydrogens is 650 g/mol. The van der Waals surface area contributed by atoms with E-state index in [-0.39, 0.29) is 10.3 Å². The van der Waals surface area contributed by atoms with E-state index in [0.717, 1.165) is 0 Å². The van der Waals surface area contributed by atoms with Gasteiger partial charge in [-0.25, -0.2) is 0 Å². The third kappa shape index (κ3) is 4.87. The summed E-state index contributed by atoms with van der Waals surface area (Å²) in [4.78, 5) is 0. The zero-order valence-electron chi connectivity index (χ0n) is 29.0. The van der Waals surface area contributed by atoms with Crippen LogP contribution in [0.1, 0.15) is 47.9 Å². The van der Waals surface area contributed by atoms with Crippen LogP contribution in [-0.4, -0.2) is 18.2 Å². The van der Waals surface area contributed by atoms with Crippen LogP contribution in [0.4, 0.5) is 0 Å². The Kier molecular flexibility index (Phi) is 7.82. The monoisotopic (exact) mass is 692 g/mol. The molecule has 2 aliphatic heterocycles. The van der Waals surface area contributed by atoms with Gasteiger partial charge in [-0.1, -0.05) is 186 Å². The van der Waals surface area contributed by atoms with E-state index in [2.05, 4.69) is 170 Å². The average Bonchev–Trinajstić information content (AvgIpc) is 3.82. The van der Waals surface area contributed by atoms with Gasteiger partial charge >= 0.3 is 0 Å². The van der Waals surface area contributed by atoms with E-state index >= 15 is 0 Å². The maximum atomic E-state index is 2.51. The van der Waals surface area contributed by atoms with Crippen LogP contribution in [0.5, 0.6) is 0 Å². The van der Waals surface area contributed by atoms with Gasteiger partial charge in [-0.2, -0.15) is 0 Å². The molecule has 2 saturated heterocycles. The Morgan fingerprint density at radius 2 is 0.608 bits per heavy atom. The van der Waals surface area contributed by atoms with Crippen LogP contribution in [0.15, 0.2) is 170 Å². The Labute approximate surface area is 304 Å². The number of benzene rings is 8. The predicted molar refractivity (Wildman–Crippen MR) is 224 cm³/mol. The van der Waals surface area contributed by atoms with Crippen LogP contribution < -0.4 is 0 Å². The summed E-state index contributed by atoms with van der Waals surface area (Å²) < 4.78 is 0. The van der Waals surface area contributed by atoms with Crippen LogP contribution >= 0.6 is 15.8 Å². The normalized spacial score (nSPS) is 19.7. The number of fused-ring (bicyclic) bond motifs is 4. The minimum atomic E-state index is -0.400. The van der Waals surface area contributed by atoms with Gasteiger partial charge in [0.1, 0.15) is 0 Å². The minimum Gasteiger partial charge on any atom is -0.0866 e. The van der Waals surface area contributed by atoms with Gasteiger partial charge < -0.3 is 0 Å². The first kappa shape index (κ1) is 31.4. The number of hydrogen-bond acceptors (Lipinski definition) is 0. The molecule has 2 heterocycles. The molecule has 10 rings (SSSR count). The smallest absolute Gasteiger partial charge is 0.0416 e. The lowest BCUT2D eigenvalue weighted by Crippen LogP contribution is -2.27. The summed E-state index contributed by atoms with van der Waals surface area (Å²) in [5.74, 6) is 1.34. The van der Waals surface area contributed by atoms with Crippen molar-refractivity contribution in [2.24, 2.45) is 0 Å². The van der Waals surface area contributed by atoms with Gasteiger partial charge in [-0.05, 0) is 109 Å². The van der Waals surface area contributed by atoms with Crippen molar-refractivity contribution in [1.29, 1.82) is 0 Å². The van der Waals surface area contributed by atoms with Gasteiger partial charge in [0.2, 0.25) is 0 Å². The zero-order chi connectivity index (χ0) is 33.8. The van der Waals surface area contributed by atoms with Crippen molar-refractivity contribution < 1.29 is 0 Å². The molecule has 0 N–H and O–H groups in total. The topological polar surface area (TPSA) is 0 Å². The molecule has 8 aromatic carbocycles. The number of rotatable bonds is 6. The predicted octanol–water partition coefficient (Wildman–Crippen LogP) is 14.0. The fourth-order valence-corrected chi connectivity index (χ4v) is 19.8. The highest BCUT2D eigenvalue weighted by Crippen LogP contribution is 2.78. The fraction of sp³-hybridized carbons (Fsp3) is 0.184. The molecule has 2 heteroatoms. The molecule has 2 unspecified atom stereocenters. The van der Waals surface area contributed by atoms with Crippen LogP contribution in [0.2, 0.25) is 0 Å². The Hall–Kier alpha value is -4.34. The van der Waals surface area contributed by atoms with Crippen molar-refractivity contribution in [3.8, 4) is 0 Å². The zero-order valence-corrected chi connectivity index (χ0v) is 30.8. The summed E-state index contributed by atoms with van der Waals surface area (Å²) >= 11 is 0. The van der Waals surface area contributed by atoms with Crippen LogP contribution in [0, 0.1) is 0 Å². The third-order valence-electron chi connectivity index (χ3n) is 12.3. The molecule has 0 amide bonds. The third-order valence-corrected chi connectivity index (χ3v) is 20.3. The molecule has 8 aromatic rings. The molecule has 0 aliphatic carbocycles. The summed E-state index contributed by atoms with van der Waals surface area (Å²) in [6, 6.07) is 65.4. The van der Waals surface area contributed by atoms with Crippen molar-refractivity contribution in [2.75, 3.05) is 18.2 Å². The maximum absolute atomic E-state index is 2.51. The second-order valence-corrected chi connectivity index (χ2v) is 20.4. The molecule has 2 atom stereocenters. The van der Waals surface area contributed by atoms with Crippen molar-refractivity contribution >= 4 is 58.9 Å². The standard InChI is InChI=1S/C49H42P2/c1-5-23-40-36(15-1)19-9-27-44(40)48(45-28-10-20-37-16-2-6-24-41(37)45)31-13-33-50(48)35-51-34-14-32-49(51,46-29-11-21-38-17-3-7-25-42(38)46)47-30-12-22-39-18-4-8-26-43(39)47/h1-12,15-30H,13-14,31-35H2. The van der Waals surface area contributed by atoms with Crippen molar-refractivity contribution in [3.05, 3.63) is 192 Å². The second kappa shape index (κ2) is 12.7. The molecule has 2 fully saturated rings. The Bertz CT molecular complexity index is 2210. The minimum absolute atomic E-state index is 0.00519. The molecule has 0 bridgehead atoms. The molecule has 51 heavy (non-hydrogen) atoms. The molecular formula is C49H42P2. The van der Waals surface area contributed by atoms with E-state index in [1.807, 2.05) is 0 Å². The highest BCUT2D eigenvalue weighted by Gasteiger charge is 2.52. The van der Waals surface area contributed by atoms with Gasteiger partial charge in [0.25, 0.3) is 0 Å². The van der Waals surface area contributed by atoms with Crippen LogP contribution in [0.25, 0.3) is 43.1 Å². The Morgan fingerprint density at radius 1 is 0.333 bits per heavy atom. The van der Waals surface area contributed by atoms with E-state index in [1.165, 1.54) is 87.0 Å². The van der Waals surface area contributed by atoms with Crippen LogP contribution in [0.3, 0.4) is 0 Å².